The van der Waals surface area contributed by atoms with Crippen molar-refractivity contribution in [2.75, 3.05) is 5.32 Å². The number of carbonyl (C=O) groups excluding carboxylic acids is 2. The molecule has 1 aliphatic rings. The summed E-state index contributed by atoms with van der Waals surface area (Å²) >= 11 is 5.93. The molecule has 3 aromatic rings. The van der Waals surface area contributed by atoms with Gasteiger partial charge in [0.15, 0.2) is 0 Å². The normalized spacial score (nSPS) is 15.3. The average Bonchev–Trinajstić information content (AvgIpc) is 3.25. The van der Waals surface area contributed by atoms with E-state index in [0.29, 0.717) is 16.4 Å². The molecule has 1 unspecified atom stereocenters. The zero-order valence-corrected chi connectivity index (χ0v) is 14.9. The Hall–Kier alpha value is -3.19. The lowest BCUT2D eigenvalue weighted by atomic mass is 9.97. The van der Waals surface area contributed by atoms with Gasteiger partial charge in [-0.1, -0.05) is 17.7 Å². The number of amides is 1. The summed E-state index contributed by atoms with van der Waals surface area (Å²) in [6.45, 7) is 0.0543. The van der Waals surface area contributed by atoms with Crippen molar-refractivity contribution in [3.63, 3.8) is 0 Å². The highest BCUT2D eigenvalue weighted by Gasteiger charge is 2.32. The van der Waals surface area contributed by atoms with Gasteiger partial charge in [-0.2, -0.15) is 5.10 Å². The molecule has 2 N–H and O–H groups in total. The number of carbonyl (C=O) groups is 2. The van der Waals surface area contributed by atoms with Gasteiger partial charge < -0.3 is 10.1 Å². The molecule has 0 saturated heterocycles. The SMILES string of the molecule is O=C(CC1C(=O)Nc2cc(Cl)ccc21)OCc1cc(-c2ccncc2)n[nH]1. The number of esters is 1. The smallest absolute Gasteiger partial charge is 0.307 e. The van der Waals surface area contributed by atoms with Crippen LogP contribution in [0.1, 0.15) is 23.6 Å². The second-order valence-corrected chi connectivity index (χ2v) is 6.59. The monoisotopic (exact) mass is 382 g/mol. The van der Waals surface area contributed by atoms with Crippen LogP contribution >= 0.6 is 11.6 Å². The van der Waals surface area contributed by atoms with Crippen LogP contribution < -0.4 is 5.32 Å². The molecule has 0 radical (unpaired) electrons. The first kappa shape index (κ1) is 17.2. The minimum atomic E-state index is -0.570. The molecule has 2 aromatic heterocycles. The number of ether oxygens (including phenoxy) is 1. The Labute approximate surface area is 159 Å². The van der Waals surface area contributed by atoms with Crippen molar-refractivity contribution in [3.05, 3.63) is 65.1 Å². The highest BCUT2D eigenvalue weighted by Crippen LogP contribution is 2.36. The third-order valence-corrected chi connectivity index (χ3v) is 4.57. The molecule has 8 heteroatoms. The molecule has 0 saturated carbocycles. The van der Waals surface area contributed by atoms with E-state index in [1.165, 1.54) is 0 Å². The maximum absolute atomic E-state index is 12.2. The van der Waals surface area contributed by atoms with Gasteiger partial charge in [-0.25, -0.2) is 0 Å². The third-order valence-electron chi connectivity index (χ3n) is 4.33. The molecule has 1 aromatic carbocycles. The molecule has 1 amide bonds. The number of halogens is 1. The summed E-state index contributed by atoms with van der Waals surface area (Å²) in [5.74, 6) is -1.26. The second kappa shape index (κ2) is 7.20. The van der Waals surface area contributed by atoms with Crippen LogP contribution in [0.5, 0.6) is 0 Å². The second-order valence-electron chi connectivity index (χ2n) is 6.15. The number of H-pyrrole nitrogens is 1. The number of pyridine rings is 1. The minimum Gasteiger partial charge on any atom is -0.459 e. The van der Waals surface area contributed by atoms with Crippen LogP contribution in [0.4, 0.5) is 5.69 Å². The van der Waals surface area contributed by atoms with Gasteiger partial charge in [0.1, 0.15) is 6.61 Å². The van der Waals surface area contributed by atoms with Crippen molar-refractivity contribution in [2.45, 2.75) is 18.9 Å². The molecule has 1 atom stereocenters. The fourth-order valence-corrected chi connectivity index (χ4v) is 3.17. The van der Waals surface area contributed by atoms with Crippen molar-refractivity contribution in [2.24, 2.45) is 0 Å². The van der Waals surface area contributed by atoms with Crippen LogP contribution in [0, 0.1) is 0 Å². The van der Waals surface area contributed by atoms with E-state index in [0.717, 1.165) is 16.8 Å². The Morgan fingerprint density at radius 2 is 2.00 bits per heavy atom. The number of hydrogen-bond donors (Lipinski definition) is 2. The van der Waals surface area contributed by atoms with Gasteiger partial charge >= 0.3 is 5.97 Å². The Kier molecular flexibility index (Phi) is 4.60. The average molecular weight is 383 g/mol. The summed E-state index contributed by atoms with van der Waals surface area (Å²) in [6, 6.07) is 10.6. The minimum absolute atomic E-state index is 0.0359. The first-order valence-corrected chi connectivity index (χ1v) is 8.68. The maximum Gasteiger partial charge on any atom is 0.307 e. The van der Waals surface area contributed by atoms with Crippen LogP contribution in [0.3, 0.4) is 0 Å². The number of rotatable bonds is 5. The fraction of sp³-hybridized carbons (Fsp3) is 0.158. The summed E-state index contributed by atoms with van der Waals surface area (Å²) in [5, 5.41) is 10.3. The summed E-state index contributed by atoms with van der Waals surface area (Å²) < 4.78 is 5.30. The van der Waals surface area contributed by atoms with E-state index in [4.69, 9.17) is 16.3 Å². The van der Waals surface area contributed by atoms with E-state index < -0.39 is 11.9 Å². The van der Waals surface area contributed by atoms with Gasteiger partial charge in [0.25, 0.3) is 0 Å². The van der Waals surface area contributed by atoms with Gasteiger partial charge in [-0.3, -0.25) is 19.7 Å². The lowest BCUT2D eigenvalue weighted by Gasteiger charge is -2.08. The number of benzene rings is 1. The number of anilines is 1. The van der Waals surface area contributed by atoms with Crippen molar-refractivity contribution < 1.29 is 14.3 Å². The Bertz CT molecular complexity index is 1000. The molecule has 0 bridgehead atoms. The number of aromatic nitrogens is 3. The first-order chi connectivity index (χ1) is 13.1. The molecule has 0 aliphatic carbocycles. The molecule has 0 fully saturated rings. The quantitative estimate of drug-likeness (QED) is 0.660. The predicted molar refractivity (Wildman–Crippen MR) is 99.1 cm³/mol. The molecule has 136 valence electrons. The van der Waals surface area contributed by atoms with Gasteiger partial charge in [-0.05, 0) is 35.9 Å². The van der Waals surface area contributed by atoms with E-state index in [9.17, 15) is 9.59 Å². The Morgan fingerprint density at radius 3 is 2.81 bits per heavy atom. The van der Waals surface area contributed by atoms with Crippen LogP contribution in [0.25, 0.3) is 11.3 Å². The Morgan fingerprint density at radius 1 is 1.19 bits per heavy atom. The Balaban J connectivity index is 1.37. The zero-order valence-electron chi connectivity index (χ0n) is 14.1. The largest absolute Gasteiger partial charge is 0.459 e. The standard InChI is InChI=1S/C19H15ClN4O3/c20-12-1-2-14-15(19(26)22-17(14)7-12)9-18(25)27-10-13-8-16(24-23-13)11-3-5-21-6-4-11/h1-8,15H,9-10H2,(H,22,26)(H,23,24). The number of fused-ring (bicyclic) bond motifs is 1. The van der Waals surface area contributed by atoms with Gasteiger partial charge in [0.05, 0.1) is 23.7 Å². The van der Waals surface area contributed by atoms with Crippen LogP contribution in [0.15, 0.2) is 48.8 Å². The molecule has 27 heavy (non-hydrogen) atoms. The molecule has 7 nitrogen and oxygen atoms in total. The summed E-state index contributed by atoms with van der Waals surface area (Å²) in [6.07, 6.45) is 3.33. The molecular formula is C19H15ClN4O3. The number of aromatic amines is 1. The summed E-state index contributed by atoms with van der Waals surface area (Å²) in [7, 11) is 0. The highest BCUT2D eigenvalue weighted by molar-refractivity contribution is 6.31. The zero-order chi connectivity index (χ0) is 18.8. The first-order valence-electron chi connectivity index (χ1n) is 8.31. The van der Waals surface area contributed by atoms with Crippen LogP contribution in [0.2, 0.25) is 5.02 Å². The summed E-state index contributed by atoms with van der Waals surface area (Å²) in [5.41, 5.74) is 3.71. The molecule has 3 heterocycles. The van der Waals surface area contributed by atoms with Crippen LogP contribution in [-0.4, -0.2) is 27.1 Å². The van der Waals surface area contributed by atoms with Crippen molar-refractivity contribution in [3.8, 4) is 11.3 Å². The fourth-order valence-electron chi connectivity index (χ4n) is 2.99. The van der Waals surface area contributed by atoms with E-state index in [1.54, 1.807) is 30.6 Å². The highest BCUT2D eigenvalue weighted by atomic mass is 35.5. The van der Waals surface area contributed by atoms with E-state index >= 15 is 0 Å². The lowest BCUT2D eigenvalue weighted by Crippen LogP contribution is -2.17. The van der Waals surface area contributed by atoms with E-state index in [2.05, 4.69) is 20.5 Å². The number of nitrogens with one attached hydrogen (secondary N) is 2. The van der Waals surface area contributed by atoms with Gasteiger partial charge in [0, 0.05) is 28.7 Å². The van der Waals surface area contributed by atoms with Gasteiger partial charge in [0.2, 0.25) is 5.91 Å². The molecular weight excluding hydrogens is 368 g/mol. The number of nitrogens with zero attached hydrogens (tertiary/aromatic N) is 2. The van der Waals surface area contributed by atoms with Crippen molar-refractivity contribution >= 4 is 29.2 Å². The van der Waals surface area contributed by atoms with Gasteiger partial charge in [-0.15, -0.1) is 0 Å². The molecule has 4 rings (SSSR count). The predicted octanol–water partition coefficient (Wildman–Crippen LogP) is 3.29. The maximum atomic E-state index is 12.2. The summed E-state index contributed by atoms with van der Waals surface area (Å²) in [4.78, 5) is 28.3. The van der Waals surface area contributed by atoms with E-state index in [-0.39, 0.29) is 18.9 Å². The van der Waals surface area contributed by atoms with Crippen molar-refractivity contribution in [1.82, 2.24) is 15.2 Å². The number of hydrogen-bond acceptors (Lipinski definition) is 5. The topological polar surface area (TPSA) is 97.0 Å². The van der Waals surface area contributed by atoms with E-state index in [1.807, 2.05) is 18.2 Å². The van der Waals surface area contributed by atoms with Crippen molar-refractivity contribution in [1.29, 1.82) is 0 Å². The third kappa shape index (κ3) is 3.68. The lowest BCUT2D eigenvalue weighted by molar-refractivity contribution is -0.146. The van der Waals surface area contributed by atoms with Crippen LogP contribution in [-0.2, 0) is 20.9 Å². The molecule has 0 spiro atoms. The molecule has 1 aliphatic heterocycles.